The van der Waals surface area contributed by atoms with Gasteiger partial charge in [0.05, 0.1) is 20.8 Å². The molecule has 1 saturated heterocycles. The van der Waals surface area contributed by atoms with E-state index in [2.05, 4.69) is 51.4 Å². The summed E-state index contributed by atoms with van der Waals surface area (Å²) in [7, 11) is 5.41. The summed E-state index contributed by atoms with van der Waals surface area (Å²) in [5, 5.41) is 3.09. The van der Waals surface area contributed by atoms with E-state index in [0.29, 0.717) is 24.0 Å². The van der Waals surface area contributed by atoms with E-state index in [1.54, 1.807) is 14.2 Å². The van der Waals surface area contributed by atoms with Gasteiger partial charge in [-0.25, -0.2) is 4.99 Å². The van der Waals surface area contributed by atoms with Crippen molar-refractivity contribution in [2.24, 2.45) is 10.7 Å². The van der Waals surface area contributed by atoms with E-state index in [1.165, 1.54) is 18.5 Å². The lowest BCUT2D eigenvalue weighted by Gasteiger charge is -2.20. The molecule has 1 heterocycles. The number of hydrogen-bond acceptors (Lipinski definition) is 5. The monoisotopic (exact) mass is 539 g/mol. The molecule has 1 aliphatic heterocycles. The average Bonchev–Trinajstić information content (AvgIpc) is 2.97. The Hall–Kier alpha value is -2.04. The minimum atomic E-state index is 0. The van der Waals surface area contributed by atoms with Crippen molar-refractivity contribution >= 4 is 35.6 Å². The molecule has 0 saturated carbocycles. The molecule has 0 unspecified atom stereocenters. The molecule has 7 nitrogen and oxygen atoms in total. The minimum absolute atomic E-state index is 0. The third kappa shape index (κ3) is 7.86. The van der Waals surface area contributed by atoms with E-state index in [0.717, 1.165) is 37.4 Å². The number of nitrogens with two attached hydrogens (primary N) is 1. The summed E-state index contributed by atoms with van der Waals surface area (Å²) in [6, 6.07) is 14.2. The van der Waals surface area contributed by atoms with Gasteiger partial charge in [-0.05, 0) is 49.8 Å². The quantitative estimate of drug-likeness (QED) is 0.319. The Kier molecular flexibility index (Phi) is 10.4. The lowest BCUT2D eigenvalue weighted by Crippen LogP contribution is -2.28. The summed E-state index contributed by atoms with van der Waals surface area (Å²) < 4.78 is 10.6. The van der Waals surface area contributed by atoms with Crippen molar-refractivity contribution in [3.8, 4) is 11.5 Å². The Morgan fingerprint density at radius 3 is 2.39 bits per heavy atom. The molecule has 170 valence electrons. The number of nitrogens with one attached hydrogen (secondary N) is 1. The van der Waals surface area contributed by atoms with Crippen molar-refractivity contribution in [2.45, 2.75) is 19.5 Å². The van der Waals surface area contributed by atoms with E-state index in [4.69, 9.17) is 15.2 Å². The number of anilines is 1. The van der Waals surface area contributed by atoms with Crippen LogP contribution in [0.1, 0.15) is 17.5 Å². The second kappa shape index (κ2) is 12.7. The fourth-order valence-corrected chi connectivity index (χ4v) is 3.54. The highest BCUT2D eigenvalue weighted by Crippen LogP contribution is 2.29. The first-order valence-electron chi connectivity index (χ1n) is 10.3. The number of ether oxygens (including phenoxy) is 2. The van der Waals surface area contributed by atoms with Gasteiger partial charge < -0.3 is 25.4 Å². The van der Waals surface area contributed by atoms with E-state index in [1.807, 2.05) is 18.2 Å². The number of halogens is 1. The van der Waals surface area contributed by atoms with Crippen molar-refractivity contribution < 1.29 is 9.47 Å². The van der Waals surface area contributed by atoms with Crippen molar-refractivity contribution in [3.05, 3.63) is 53.6 Å². The van der Waals surface area contributed by atoms with Gasteiger partial charge in [0.15, 0.2) is 17.5 Å². The molecular weight excluding hydrogens is 505 g/mol. The standard InChI is InChI=1S/C23H33N5O2.HI/c1-27-11-4-12-28(14-13-27)17-19-7-5-18(6-8-19)16-25-23(24)26-20-9-10-21(29-2)22(15-20)30-3;/h5-10,15H,4,11-14,16-17H2,1-3H3,(H3,24,25,26);1H. The third-order valence-electron chi connectivity index (χ3n) is 5.33. The summed E-state index contributed by atoms with van der Waals surface area (Å²) in [5.41, 5.74) is 9.32. The maximum atomic E-state index is 6.05. The molecule has 0 atom stereocenters. The molecule has 0 amide bonds. The summed E-state index contributed by atoms with van der Waals surface area (Å²) in [4.78, 5) is 9.38. The first-order valence-corrected chi connectivity index (χ1v) is 10.3. The van der Waals surface area contributed by atoms with E-state index in [9.17, 15) is 0 Å². The van der Waals surface area contributed by atoms with Crippen LogP contribution in [0.3, 0.4) is 0 Å². The van der Waals surface area contributed by atoms with Gasteiger partial charge in [-0.1, -0.05) is 24.3 Å². The zero-order valence-electron chi connectivity index (χ0n) is 18.6. The zero-order valence-corrected chi connectivity index (χ0v) is 21.0. The van der Waals surface area contributed by atoms with E-state index >= 15 is 0 Å². The second-order valence-corrected chi connectivity index (χ2v) is 7.65. The number of rotatable bonds is 7. The highest BCUT2D eigenvalue weighted by Gasteiger charge is 2.12. The van der Waals surface area contributed by atoms with Crippen LogP contribution >= 0.6 is 24.0 Å². The van der Waals surface area contributed by atoms with Crippen LogP contribution in [0.2, 0.25) is 0 Å². The molecule has 2 aromatic carbocycles. The molecule has 0 spiro atoms. The number of likely N-dealkylation sites (N-methyl/N-ethyl adjacent to an activating group) is 1. The molecule has 0 bridgehead atoms. The van der Waals surface area contributed by atoms with Crippen LogP contribution in [0.5, 0.6) is 11.5 Å². The lowest BCUT2D eigenvalue weighted by atomic mass is 10.1. The van der Waals surface area contributed by atoms with Gasteiger partial charge in [0.2, 0.25) is 0 Å². The Labute approximate surface area is 202 Å². The Morgan fingerprint density at radius 1 is 0.968 bits per heavy atom. The molecule has 3 N–H and O–H groups in total. The smallest absolute Gasteiger partial charge is 0.193 e. The predicted octanol–water partition coefficient (Wildman–Crippen LogP) is 3.39. The normalized spacial score (nSPS) is 15.6. The van der Waals surface area contributed by atoms with Gasteiger partial charge in [0.1, 0.15) is 0 Å². The van der Waals surface area contributed by atoms with Gasteiger partial charge in [-0.2, -0.15) is 0 Å². The molecule has 1 fully saturated rings. The first-order chi connectivity index (χ1) is 14.6. The van der Waals surface area contributed by atoms with Gasteiger partial charge in [0.25, 0.3) is 0 Å². The van der Waals surface area contributed by atoms with Crippen LogP contribution in [0.15, 0.2) is 47.5 Å². The fourth-order valence-electron chi connectivity index (χ4n) is 3.54. The average molecular weight is 539 g/mol. The van der Waals surface area contributed by atoms with Gasteiger partial charge in [-0.15, -0.1) is 24.0 Å². The second-order valence-electron chi connectivity index (χ2n) is 7.65. The molecular formula is C23H34IN5O2. The van der Waals surface area contributed by atoms with Gasteiger partial charge in [-0.3, -0.25) is 4.90 Å². The van der Waals surface area contributed by atoms with Crippen LogP contribution in [0.25, 0.3) is 0 Å². The molecule has 31 heavy (non-hydrogen) atoms. The van der Waals surface area contributed by atoms with Crippen LogP contribution < -0.4 is 20.5 Å². The topological polar surface area (TPSA) is 75.4 Å². The van der Waals surface area contributed by atoms with Crippen LogP contribution in [0.4, 0.5) is 5.69 Å². The minimum Gasteiger partial charge on any atom is -0.493 e. The van der Waals surface area contributed by atoms with Gasteiger partial charge in [0, 0.05) is 31.4 Å². The first kappa shape index (κ1) is 25.2. The van der Waals surface area contributed by atoms with Crippen LogP contribution in [0, 0.1) is 0 Å². The largest absolute Gasteiger partial charge is 0.493 e. The number of hydrogen-bond donors (Lipinski definition) is 2. The van der Waals surface area contributed by atoms with E-state index in [-0.39, 0.29) is 24.0 Å². The SMILES string of the molecule is COc1ccc(NC(N)=NCc2ccc(CN3CCCN(C)CC3)cc2)cc1OC.I. The fraction of sp³-hybridized carbons (Fsp3) is 0.435. The number of aliphatic imine (C=N–C) groups is 1. The highest BCUT2D eigenvalue weighted by molar-refractivity contribution is 14.0. The molecule has 0 aliphatic carbocycles. The highest BCUT2D eigenvalue weighted by atomic mass is 127. The molecule has 1 aliphatic rings. The van der Waals surface area contributed by atoms with Crippen molar-refractivity contribution in [1.82, 2.24) is 9.80 Å². The van der Waals surface area contributed by atoms with Crippen molar-refractivity contribution in [3.63, 3.8) is 0 Å². The van der Waals surface area contributed by atoms with Crippen LogP contribution in [-0.2, 0) is 13.1 Å². The molecule has 0 radical (unpaired) electrons. The van der Waals surface area contributed by atoms with Gasteiger partial charge >= 0.3 is 0 Å². The summed E-state index contributed by atoms with van der Waals surface area (Å²) >= 11 is 0. The number of benzene rings is 2. The summed E-state index contributed by atoms with van der Waals surface area (Å²) in [5.74, 6) is 1.67. The third-order valence-corrected chi connectivity index (χ3v) is 5.33. The van der Waals surface area contributed by atoms with Crippen molar-refractivity contribution in [2.75, 3.05) is 52.8 Å². The van der Waals surface area contributed by atoms with Crippen LogP contribution in [-0.4, -0.2) is 63.2 Å². The predicted molar refractivity (Wildman–Crippen MR) is 138 cm³/mol. The Bertz CT molecular complexity index is 844. The summed E-state index contributed by atoms with van der Waals surface area (Å²) in [6.45, 7) is 6.14. The summed E-state index contributed by atoms with van der Waals surface area (Å²) in [6.07, 6.45) is 1.23. The maximum absolute atomic E-state index is 6.05. The van der Waals surface area contributed by atoms with Crippen molar-refractivity contribution in [1.29, 1.82) is 0 Å². The number of guanidine groups is 1. The molecule has 8 heteroatoms. The Balaban J connectivity index is 0.00000341. The lowest BCUT2D eigenvalue weighted by molar-refractivity contribution is 0.269. The number of methoxy groups -OCH3 is 2. The van der Waals surface area contributed by atoms with E-state index < -0.39 is 0 Å². The number of nitrogens with zero attached hydrogens (tertiary/aromatic N) is 3. The molecule has 0 aromatic heterocycles. The maximum Gasteiger partial charge on any atom is 0.193 e. The molecule has 2 aromatic rings. The zero-order chi connectivity index (χ0) is 21.3. The Morgan fingerprint density at radius 2 is 1.68 bits per heavy atom. The molecule has 3 rings (SSSR count).